The van der Waals surface area contributed by atoms with E-state index in [1.165, 1.54) is 11.1 Å². The number of hydrogen-bond donors (Lipinski definition) is 0. The van der Waals surface area contributed by atoms with E-state index in [0.717, 1.165) is 29.6 Å². The number of amides is 1. The average molecular weight is 387 g/mol. The van der Waals surface area contributed by atoms with Gasteiger partial charge in [0.1, 0.15) is 5.01 Å². The van der Waals surface area contributed by atoms with Crippen molar-refractivity contribution in [2.45, 2.75) is 45.3 Å². The second-order valence-electron chi connectivity index (χ2n) is 8.22. The molecule has 0 aliphatic carbocycles. The summed E-state index contributed by atoms with van der Waals surface area (Å²) >= 11 is 1.61. The number of nitrogens with zero attached hydrogens (tertiary/aromatic N) is 4. The number of carbonyl (C=O) groups is 1. The molecule has 144 valence electrons. The maximum Gasteiger partial charge on any atom is 0.253 e. The first-order valence-corrected chi connectivity index (χ1v) is 10.3. The van der Waals surface area contributed by atoms with Gasteiger partial charge in [-0.2, -0.15) is 0 Å². The van der Waals surface area contributed by atoms with Gasteiger partial charge < -0.3 is 14.5 Å². The first kappa shape index (κ1) is 18.4. The Kier molecular flexibility index (Phi) is 4.90. The van der Waals surface area contributed by atoms with Crippen molar-refractivity contribution in [1.29, 1.82) is 0 Å². The van der Waals surface area contributed by atoms with Crippen molar-refractivity contribution in [2.24, 2.45) is 0 Å². The van der Waals surface area contributed by atoms with Crippen molar-refractivity contribution in [3.63, 3.8) is 0 Å². The van der Waals surface area contributed by atoms with Crippen LogP contribution in [0.15, 0.2) is 24.3 Å². The van der Waals surface area contributed by atoms with Crippen molar-refractivity contribution in [3.8, 4) is 0 Å². The molecule has 27 heavy (non-hydrogen) atoms. The molecule has 1 aromatic carbocycles. The molecule has 0 radical (unpaired) electrons. The molecule has 0 saturated carbocycles. The molecule has 0 N–H and O–H groups in total. The molecule has 0 spiro atoms. The van der Waals surface area contributed by atoms with E-state index in [1.54, 1.807) is 11.3 Å². The third-order valence-corrected chi connectivity index (χ3v) is 6.52. The average Bonchev–Trinajstić information content (AvgIpc) is 3.18. The fraction of sp³-hybridized carbons (Fsp3) is 0.550. The highest BCUT2D eigenvalue weighted by Gasteiger charge is 2.33. The molecule has 3 heterocycles. The second kappa shape index (κ2) is 7.20. The SMILES string of the molecule is CC(C)(C)c1nnc(N2CCOC(C(=O)N3CCc4ccccc4C3)C2)s1. The zero-order valence-electron chi connectivity index (χ0n) is 16.1. The van der Waals surface area contributed by atoms with Gasteiger partial charge in [-0.05, 0) is 17.5 Å². The molecule has 4 rings (SSSR count). The Morgan fingerprint density at radius 2 is 1.96 bits per heavy atom. The number of ether oxygens (including phenoxy) is 1. The van der Waals surface area contributed by atoms with Gasteiger partial charge in [0.2, 0.25) is 5.13 Å². The summed E-state index contributed by atoms with van der Waals surface area (Å²) in [5.41, 5.74) is 2.57. The van der Waals surface area contributed by atoms with Gasteiger partial charge in [0.05, 0.1) is 13.2 Å². The van der Waals surface area contributed by atoms with Crippen LogP contribution in [0.25, 0.3) is 0 Å². The highest BCUT2D eigenvalue weighted by Crippen LogP contribution is 2.31. The largest absolute Gasteiger partial charge is 0.365 e. The van der Waals surface area contributed by atoms with Crippen LogP contribution in [0.2, 0.25) is 0 Å². The predicted molar refractivity (Wildman–Crippen MR) is 106 cm³/mol. The van der Waals surface area contributed by atoms with Gasteiger partial charge in [-0.1, -0.05) is 56.4 Å². The highest BCUT2D eigenvalue weighted by molar-refractivity contribution is 7.15. The molecule has 1 saturated heterocycles. The molecule has 7 heteroatoms. The van der Waals surface area contributed by atoms with Gasteiger partial charge in [-0.3, -0.25) is 4.79 Å². The number of hydrogen-bond acceptors (Lipinski definition) is 6. The molecule has 1 atom stereocenters. The van der Waals surface area contributed by atoms with Crippen molar-refractivity contribution in [2.75, 3.05) is 31.1 Å². The summed E-state index contributed by atoms with van der Waals surface area (Å²) in [6, 6.07) is 8.36. The van der Waals surface area contributed by atoms with Crippen LogP contribution in [-0.4, -0.2) is 53.3 Å². The van der Waals surface area contributed by atoms with E-state index in [-0.39, 0.29) is 11.3 Å². The van der Waals surface area contributed by atoms with Crippen LogP contribution in [0.5, 0.6) is 0 Å². The molecular formula is C20H26N4O2S. The number of morpholine rings is 1. The smallest absolute Gasteiger partial charge is 0.253 e. The standard InChI is InChI=1S/C20H26N4O2S/c1-20(2,3)18-21-22-19(27-18)24-10-11-26-16(13-24)17(25)23-9-8-14-6-4-5-7-15(14)12-23/h4-7,16H,8-13H2,1-3H3. The van der Waals surface area contributed by atoms with Gasteiger partial charge >= 0.3 is 0 Å². The Hall–Kier alpha value is -1.99. The number of rotatable bonds is 2. The van der Waals surface area contributed by atoms with Crippen LogP contribution in [0.4, 0.5) is 5.13 Å². The minimum atomic E-state index is -0.439. The van der Waals surface area contributed by atoms with E-state index in [9.17, 15) is 4.79 Å². The summed E-state index contributed by atoms with van der Waals surface area (Å²) < 4.78 is 5.83. The molecule has 6 nitrogen and oxygen atoms in total. The Labute approximate surface area is 164 Å². The van der Waals surface area contributed by atoms with Crippen LogP contribution in [0.1, 0.15) is 36.9 Å². The lowest BCUT2D eigenvalue weighted by Gasteiger charge is -2.36. The first-order chi connectivity index (χ1) is 12.9. The van der Waals surface area contributed by atoms with Gasteiger partial charge in [-0.25, -0.2) is 0 Å². The van der Waals surface area contributed by atoms with E-state index in [4.69, 9.17) is 4.74 Å². The van der Waals surface area contributed by atoms with Crippen LogP contribution >= 0.6 is 11.3 Å². The van der Waals surface area contributed by atoms with Crippen LogP contribution in [0, 0.1) is 0 Å². The van der Waals surface area contributed by atoms with Crippen molar-refractivity contribution in [1.82, 2.24) is 15.1 Å². The van der Waals surface area contributed by atoms with Crippen LogP contribution in [0.3, 0.4) is 0 Å². The third kappa shape index (κ3) is 3.84. The maximum atomic E-state index is 13.0. The second-order valence-corrected chi connectivity index (χ2v) is 9.18. The molecule has 1 amide bonds. The first-order valence-electron chi connectivity index (χ1n) is 9.48. The molecule has 1 aromatic heterocycles. The normalized spacial score (nSPS) is 20.5. The fourth-order valence-electron chi connectivity index (χ4n) is 3.51. The topological polar surface area (TPSA) is 58.6 Å². The lowest BCUT2D eigenvalue weighted by molar-refractivity contribution is -0.145. The molecule has 1 fully saturated rings. The number of fused-ring (bicyclic) bond motifs is 1. The number of aromatic nitrogens is 2. The van der Waals surface area contributed by atoms with Gasteiger partial charge in [0.25, 0.3) is 5.91 Å². The van der Waals surface area contributed by atoms with Gasteiger partial charge in [-0.15, -0.1) is 10.2 Å². The summed E-state index contributed by atoms with van der Waals surface area (Å²) in [5, 5.41) is 10.6. The molecule has 2 aliphatic heterocycles. The summed E-state index contributed by atoms with van der Waals surface area (Å²) in [4.78, 5) is 17.1. The summed E-state index contributed by atoms with van der Waals surface area (Å²) in [5.74, 6) is 0.0785. The van der Waals surface area contributed by atoms with E-state index >= 15 is 0 Å². The van der Waals surface area contributed by atoms with E-state index < -0.39 is 6.10 Å². The number of benzene rings is 1. The molecule has 2 aromatic rings. The Bertz CT molecular complexity index is 829. The van der Waals surface area contributed by atoms with Gasteiger partial charge in [0, 0.05) is 25.0 Å². The van der Waals surface area contributed by atoms with E-state index in [0.29, 0.717) is 19.7 Å². The third-order valence-electron chi connectivity index (χ3n) is 5.11. The monoisotopic (exact) mass is 386 g/mol. The summed E-state index contributed by atoms with van der Waals surface area (Å²) in [6.45, 7) is 9.64. The predicted octanol–water partition coefficient (Wildman–Crippen LogP) is 2.63. The lowest BCUT2D eigenvalue weighted by atomic mass is 9.98. The van der Waals surface area contributed by atoms with Crippen molar-refractivity contribution >= 4 is 22.4 Å². The van der Waals surface area contributed by atoms with Gasteiger partial charge in [0.15, 0.2) is 6.10 Å². The molecular weight excluding hydrogens is 360 g/mol. The zero-order valence-corrected chi connectivity index (χ0v) is 17.0. The molecule has 0 bridgehead atoms. The maximum absolute atomic E-state index is 13.0. The fourth-order valence-corrected chi connectivity index (χ4v) is 4.44. The minimum Gasteiger partial charge on any atom is -0.365 e. The van der Waals surface area contributed by atoms with Crippen molar-refractivity contribution < 1.29 is 9.53 Å². The molecule has 1 unspecified atom stereocenters. The van der Waals surface area contributed by atoms with E-state index in [2.05, 4.69) is 54.1 Å². The number of anilines is 1. The van der Waals surface area contributed by atoms with E-state index in [1.807, 2.05) is 11.0 Å². The zero-order chi connectivity index (χ0) is 19.0. The summed E-state index contributed by atoms with van der Waals surface area (Å²) in [6.07, 6.45) is 0.468. The summed E-state index contributed by atoms with van der Waals surface area (Å²) in [7, 11) is 0. The van der Waals surface area contributed by atoms with Crippen molar-refractivity contribution in [3.05, 3.63) is 40.4 Å². The highest BCUT2D eigenvalue weighted by atomic mass is 32.1. The Morgan fingerprint density at radius 1 is 1.19 bits per heavy atom. The van der Waals surface area contributed by atoms with Crippen LogP contribution < -0.4 is 4.90 Å². The van der Waals surface area contributed by atoms with Crippen LogP contribution in [-0.2, 0) is 27.9 Å². The molecule has 2 aliphatic rings. The Morgan fingerprint density at radius 3 is 2.70 bits per heavy atom. The number of carbonyl (C=O) groups excluding carboxylic acids is 1. The minimum absolute atomic E-state index is 0.0153. The quantitative estimate of drug-likeness (QED) is 0.794. The lowest BCUT2D eigenvalue weighted by Crippen LogP contribution is -2.52. The Balaban J connectivity index is 1.44.